The molecule has 0 N–H and O–H groups in total. The number of carbonyl (C=O) groups excluding carboxylic acids is 1. The molecular weight excluding hydrogens is 384 g/mol. The topological polar surface area (TPSA) is 74.5 Å². The van der Waals surface area contributed by atoms with Crippen LogP contribution in [0.3, 0.4) is 0 Å². The first-order valence-corrected chi connectivity index (χ1v) is 8.20. The monoisotopic (exact) mass is 394 g/mol. The third kappa shape index (κ3) is 3.43. The molecule has 0 amide bonds. The highest BCUT2D eigenvalue weighted by atomic mass is 79.9. The molecule has 0 aliphatic rings. The van der Waals surface area contributed by atoms with Crippen molar-refractivity contribution in [2.75, 3.05) is 7.11 Å². The highest BCUT2D eigenvalue weighted by molar-refractivity contribution is 9.10. The van der Waals surface area contributed by atoms with Gasteiger partial charge < -0.3 is 14.0 Å². The van der Waals surface area contributed by atoms with Crippen molar-refractivity contribution < 1.29 is 18.8 Å². The van der Waals surface area contributed by atoms with E-state index in [1.165, 1.54) is 18.4 Å². The molecule has 118 valence electrons. The van der Waals surface area contributed by atoms with Gasteiger partial charge in [0.15, 0.2) is 24.4 Å². The van der Waals surface area contributed by atoms with E-state index in [0.717, 1.165) is 11.2 Å². The second-order valence-electron chi connectivity index (χ2n) is 4.42. The van der Waals surface area contributed by atoms with Gasteiger partial charge in [-0.15, -0.1) is 11.3 Å². The summed E-state index contributed by atoms with van der Waals surface area (Å²) in [6, 6.07) is 7.09. The average Bonchev–Trinajstić information content (AvgIpc) is 3.24. The van der Waals surface area contributed by atoms with Gasteiger partial charge in [0.25, 0.3) is 5.89 Å². The molecule has 6 nitrogen and oxygen atoms in total. The van der Waals surface area contributed by atoms with E-state index in [9.17, 15) is 4.79 Å². The lowest BCUT2D eigenvalue weighted by atomic mass is 10.2. The molecule has 0 aliphatic carbocycles. The minimum absolute atomic E-state index is 0.0780. The van der Waals surface area contributed by atoms with Crippen molar-refractivity contribution >= 4 is 33.6 Å². The number of methoxy groups -OCH3 is 1. The number of hydrogen-bond acceptors (Lipinski definition) is 7. The first kappa shape index (κ1) is 15.7. The molecule has 0 saturated carbocycles. The maximum atomic E-state index is 11.0. The molecule has 2 aromatic heterocycles. The minimum Gasteiger partial charge on any atom is -0.493 e. The second-order valence-corrected chi connectivity index (χ2v) is 6.22. The molecule has 0 aliphatic heterocycles. The molecule has 0 radical (unpaired) electrons. The highest BCUT2D eigenvalue weighted by Gasteiger charge is 2.13. The number of aromatic nitrogens is 2. The van der Waals surface area contributed by atoms with Gasteiger partial charge in [-0.2, -0.15) is 4.98 Å². The van der Waals surface area contributed by atoms with Crippen molar-refractivity contribution in [1.82, 2.24) is 10.1 Å². The predicted octanol–water partition coefficient (Wildman–Crippen LogP) is 3.96. The Morgan fingerprint density at radius 1 is 1.39 bits per heavy atom. The third-order valence-electron chi connectivity index (χ3n) is 2.97. The Labute approximate surface area is 144 Å². The summed E-state index contributed by atoms with van der Waals surface area (Å²) in [5.74, 6) is 1.79. The van der Waals surface area contributed by atoms with E-state index in [1.807, 2.05) is 17.5 Å². The van der Waals surface area contributed by atoms with Crippen molar-refractivity contribution in [3.8, 4) is 22.2 Å². The Morgan fingerprint density at radius 3 is 2.96 bits per heavy atom. The van der Waals surface area contributed by atoms with Crippen LogP contribution in [0.25, 0.3) is 10.7 Å². The molecule has 0 fully saturated rings. The Morgan fingerprint density at radius 2 is 2.26 bits per heavy atom. The van der Waals surface area contributed by atoms with Crippen LogP contribution in [0.1, 0.15) is 16.2 Å². The van der Waals surface area contributed by atoms with Crippen LogP contribution in [0.2, 0.25) is 0 Å². The maximum absolute atomic E-state index is 11.0. The van der Waals surface area contributed by atoms with Crippen molar-refractivity contribution in [2.45, 2.75) is 6.61 Å². The Hall–Kier alpha value is -2.19. The van der Waals surface area contributed by atoms with Crippen LogP contribution in [0, 0.1) is 0 Å². The van der Waals surface area contributed by atoms with Gasteiger partial charge in [-0.05, 0) is 39.5 Å². The number of halogens is 1. The number of thiophene rings is 1. The van der Waals surface area contributed by atoms with Crippen LogP contribution in [-0.4, -0.2) is 23.5 Å². The average molecular weight is 395 g/mol. The number of carbonyl (C=O) groups is 1. The van der Waals surface area contributed by atoms with Gasteiger partial charge in [0, 0.05) is 10.0 Å². The third-order valence-corrected chi connectivity index (χ3v) is 4.52. The van der Waals surface area contributed by atoms with Gasteiger partial charge in [0.05, 0.1) is 12.0 Å². The predicted molar refractivity (Wildman–Crippen MR) is 88.0 cm³/mol. The SMILES string of the molecule is COc1cc(Br)c(C=O)cc1OCc1nc(-c2cccs2)no1. The van der Waals surface area contributed by atoms with Gasteiger partial charge in [0.1, 0.15) is 0 Å². The van der Waals surface area contributed by atoms with E-state index < -0.39 is 0 Å². The first-order chi connectivity index (χ1) is 11.2. The number of aldehydes is 1. The zero-order chi connectivity index (χ0) is 16.2. The summed E-state index contributed by atoms with van der Waals surface area (Å²) >= 11 is 4.82. The van der Waals surface area contributed by atoms with Crippen LogP contribution in [-0.2, 0) is 6.61 Å². The minimum atomic E-state index is 0.0780. The first-order valence-electron chi connectivity index (χ1n) is 6.53. The molecule has 0 spiro atoms. The van der Waals surface area contributed by atoms with E-state index in [1.54, 1.807) is 12.1 Å². The van der Waals surface area contributed by atoms with Crippen LogP contribution in [0.5, 0.6) is 11.5 Å². The van der Waals surface area contributed by atoms with Crippen molar-refractivity contribution in [2.24, 2.45) is 0 Å². The smallest absolute Gasteiger partial charge is 0.264 e. The van der Waals surface area contributed by atoms with E-state index in [-0.39, 0.29) is 6.61 Å². The quantitative estimate of drug-likeness (QED) is 0.589. The standard InChI is InChI=1S/C15H11BrN2O4S/c1-20-11-6-10(16)9(7-19)5-12(11)21-8-14-17-15(18-22-14)13-3-2-4-23-13/h2-7H,8H2,1H3. The molecule has 0 saturated heterocycles. The summed E-state index contributed by atoms with van der Waals surface area (Å²) in [6.45, 7) is 0.0780. The molecule has 0 atom stereocenters. The van der Waals surface area contributed by atoms with Crippen LogP contribution < -0.4 is 9.47 Å². The normalized spacial score (nSPS) is 10.5. The van der Waals surface area contributed by atoms with E-state index in [2.05, 4.69) is 26.1 Å². The Balaban J connectivity index is 1.77. The van der Waals surface area contributed by atoms with Crippen LogP contribution in [0.15, 0.2) is 38.6 Å². The summed E-state index contributed by atoms with van der Waals surface area (Å²) < 4.78 is 16.7. The fourth-order valence-corrected chi connectivity index (χ4v) is 2.94. The summed E-state index contributed by atoms with van der Waals surface area (Å²) in [4.78, 5) is 16.2. The number of ether oxygens (including phenoxy) is 2. The van der Waals surface area contributed by atoms with Crippen molar-refractivity contribution in [3.05, 3.63) is 45.6 Å². The second kappa shape index (κ2) is 6.93. The van der Waals surface area contributed by atoms with Crippen LogP contribution in [0.4, 0.5) is 0 Å². The fraction of sp³-hybridized carbons (Fsp3) is 0.133. The lowest BCUT2D eigenvalue weighted by Crippen LogP contribution is -1.99. The molecule has 3 aromatic rings. The molecule has 0 unspecified atom stereocenters. The van der Waals surface area contributed by atoms with E-state index in [0.29, 0.717) is 33.3 Å². The molecule has 3 rings (SSSR count). The lowest BCUT2D eigenvalue weighted by molar-refractivity contribution is 0.112. The van der Waals surface area contributed by atoms with E-state index >= 15 is 0 Å². The van der Waals surface area contributed by atoms with Gasteiger partial charge in [-0.3, -0.25) is 4.79 Å². The number of hydrogen-bond donors (Lipinski definition) is 0. The maximum Gasteiger partial charge on any atom is 0.264 e. The lowest BCUT2D eigenvalue weighted by Gasteiger charge is -2.10. The molecule has 8 heteroatoms. The summed E-state index contributed by atoms with van der Waals surface area (Å²) in [6.07, 6.45) is 0.734. The highest BCUT2D eigenvalue weighted by Crippen LogP contribution is 2.33. The van der Waals surface area contributed by atoms with Gasteiger partial charge in [-0.1, -0.05) is 11.2 Å². The van der Waals surface area contributed by atoms with E-state index in [4.69, 9.17) is 14.0 Å². The molecule has 0 bridgehead atoms. The molecule has 2 heterocycles. The van der Waals surface area contributed by atoms with Gasteiger partial charge >= 0.3 is 0 Å². The zero-order valence-corrected chi connectivity index (χ0v) is 14.4. The van der Waals surface area contributed by atoms with Crippen molar-refractivity contribution in [1.29, 1.82) is 0 Å². The summed E-state index contributed by atoms with van der Waals surface area (Å²) in [5, 5.41) is 5.85. The summed E-state index contributed by atoms with van der Waals surface area (Å²) in [5.41, 5.74) is 0.464. The fourth-order valence-electron chi connectivity index (χ4n) is 1.87. The molecule has 23 heavy (non-hydrogen) atoms. The van der Waals surface area contributed by atoms with Crippen LogP contribution >= 0.6 is 27.3 Å². The number of nitrogens with zero attached hydrogens (tertiary/aromatic N) is 2. The Kier molecular flexibility index (Phi) is 4.73. The molecular formula is C15H11BrN2O4S. The van der Waals surface area contributed by atoms with Gasteiger partial charge in [0.2, 0.25) is 5.82 Å². The summed E-state index contributed by atoms with van der Waals surface area (Å²) in [7, 11) is 1.52. The van der Waals surface area contributed by atoms with Crippen molar-refractivity contribution in [3.63, 3.8) is 0 Å². The Bertz CT molecular complexity index is 817. The van der Waals surface area contributed by atoms with Gasteiger partial charge in [-0.25, -0.2) is 0 Å². The largest absolute Gasteiger partial charge is 0.493 e. The zero-order valence-electron chi connectivity index (χ0n) is 12.0. The number of rotatable bonds is 6. The number of benzene rings is 1. The molecule has 1 aromatic carbocycles.